The maximum absolute atomic E-state index is 11.6. The van der Waals surface area contributed by atoms with E-state index in [4.69, 9.17) is 16.3 Å². The molecule has 0 aromatic heterocycles. The van der Waals surface area contributed by atoms with Gasteiger partial charge >= 0.3 is 6.03 Å². The maximum Gasteiger partial charge on any atom is 0.318 e. The van der Waals surface area contributed by atoms with E-state index in [9.17, 15) is 4.79 Å². The summed E-state index contributed by atoms with van der Waals surface area (Å²) in [4.78, 5) is 13.3. The van der Waals surface area contributed by atoms with Gasteiger partial charge in [0.2, 0.25) is 0 Å². The predicted octanol–water partition coefficient (Wildman–Crippen LogP) is 2.43. The van der Waals surface area contributed by atoms with E-state index < -0.39 is 0 Å². The number of urea groups is 1. The lowest BCUT2D eigenvalue weighted by molar-refractivity contribution is 0.219. The Balaban J connectivity index is 2.19. The quantitative estimate of drug-likeness (QED) is 0.900. The molecule has 1 saturated heterocycles. The zero-order valence-corrected chi connectivity index (χ0v) is 10.6. The van der Waals surface area contributed by atoms with Crippen LogP contribution in [0.4, 0.5) is 4.79 Å². The average molecular weight is 255 g/mol. The van der Waals surface area contributed by atoms with Gasteiger partial charge in [-0.3, -0.25) is 0 Å². The first-order valence-corrected chi connectivity index (χ1v) is 5.92. The lowest BCUT2D eigenvalue weighted by atomic mass is 10.1. The van der Waals surface area contributed by atoms with Crippen LogP contribution in [0.2, 0.25) is 5.02 Å². The van der Waals surface area contributed by atoms with E-state index in [-0.39, 0.29) is 12.1 Å². The molecule has 0 bridgehead atoms. The third-order valence-corrected chi connectivity index (χ3v) is 3.24. The Kier molecular flexibility index (Phi) is 3.43. The largest absolute Gasteiger partial charge is 0.495 e. The van der Waals surface area contributed by atoms with Gasteiger partial charge in [-0.15, -0.1) is 0 Å². The molecular weight excluding hydrogens is 240 g/mol. The number of carbonyl (C=O) groups is 1. The number of carbonyl (C=O) groups excluding carboxylic acids is 1. The summed E-state index contributed by atoms with van der Waals surface area (Å²) in [5, 5.41) is 3.49. The first kappa shape index (κ1) is 12.0. The van der Waals surface area contributed by atoms with Gasteiger partial charge < -0.3 is 15.0 Å². The molecule has 1 aromatic rings. The third-order valence-electron chi connectivity index (χ3n) is 2.95. The number of likely N-dealkylation sites (N-methyl/N-ethyl adjacent to an activating group) is 1. The van der Waals surface area contributed by atoms with E-state index in [1.165, 1.54) is 0 Å². The van der Waals surface area contributed by atoms with E-state index in [0.29, 0.717) is 23.9 Å². The molecule has 0 saturated carbocycles. The molecule has 1 N–H and O–H groups in total. The Labute approximate surface area is 106 Å². The van der Waals surface area contributed by atoms with Gasteiger partial charge in [0.05, 0.1) is 18.2 Å². The second-order valence-electron chi connectivity index (χ2n) is 3.93. The molecule has 1 heterocycles. The van der Waals surface area contributed by atoms with Crippen molar-refractivity contribution in [3.63, 3.8) is 0 Å². The van der Waals surface area contributed by atoms with Crippen molar-refractivity contribution in [1.82, 2.24) is 10.2 Å². The lowest BCUT2D eigenvalue weighted by Gasteiger charge is -2.12. The van der Waals surface area contributed by atoms with Gasteiger partial charge in [-0.05, 0) is 24.6 Å². The predicted molar refractivity (Wildman–Crippen MR) is 66.5 cm³/mol. The van der Waals surface area contributed by atoms with E-state index in [0.717, 1.165) is 5.56 Å². The molecule has 92 valence electrons. The molecule has 0 aliphatic carbocycles. The van der Waals surface area contributed by atoms with Gasteiger partial charge in [-0.25, -0.2) is 4.79 Å². The summed E-state index contributed by atoms with van der Waals surface area (Å²) in [6.07, 6.45) is 0. The smallest absolute Gasteiger partial charge is 0.318 e. The van der Waals surface area contributed by atoms with Crippen LogP contribution in [0.1, 0.15) is 18.5 Å². The topological polar surface area (TPSA) is 41.6 Å². The molecule has 2 rings (SSSR count). The molecule has 17 heavy (non-hydrogen) atoms. The van der Waals surface area contributed by atoms with Crippen LogP contribution < -0.4 is 10.1 Å². The van der Waals surface area contributed by atoms with Crippen LogP contribution in [0.3, 0.4) is 0 Å². The lowest BCUT2D eigenvalue weighted by Crippen LogP contribution is -2.27. The van der Waals surface area contributed by atoms with E-state index >= 15 is 0 Å². The second kappa shape index (κ2) is 4.84. The first-order valence-electron chi connectivity index (χ1n) is 5.54. The zero-order valence-electron chi connectivity index (χ0n) is 9.87. The van der Waals surface area contributed by atoms with Crippen molar-refractivity contribution < 1.29 is 9.53 Å². The summed E-state index contributed by atoms with van der Waals surface area (Å²) in [6.45, 7) is 3.35. The minimum absolute atomic E-state index is 0.00542. The Hall–Kier alpha value is -1.42. The van der Waals surface area contributed by atoms with Crippen LogP contribution in [-0.2, 0) is 0 Å². The number of methoxy groups -OCH3 is 1. The minimum atomic E-state index is -0.0237. The summed E-state index contributed by atoms with van der Waals surface area (Å²) in [6, 6.07) is 5.56. The van der Waals surface area contributed by atoms with E-state index in [1.807, 2.05) is 25.1 Å². The Morgan fingerprint density at radius 2 is 2.35 bits per heavy atom. The van der Waals surface area contributed by atoms with Crippen LogP contribution in [0.15, 0.2) is 18.2 Å². The van der Waals surface area contributed by atoms with Gasteiger partial charge in [0.15, 0.2) is 0 Å². The molecule has 0 radical (unpaired) electrons. The fourth-order valence-electron chi connectivity index (χ4n) is 1.95. The number of halogens is 1. The monoisotopic (exact) mass is 254 g/mol. The number of rotatable bonds is 3. The fraction of sp³-hybridized carbons (Fsp3) is 0.417. The normalized spacial score (nSPS) is 19.4. The van der Waals surface area contributed by atoms with Crippen molar-refractivity contribution in [1.29, 1.82) is 0 Å². The number of amides is 2. The van der Waals surface area contributed by atoms with Crippen molar-refractivity contribution >= 4 is 17.6 Å². The standard InChI is InChI=1S/C12H15ClN2O2/c1-3-15-7-10(14-12(15)16)8-4-5-11(17-2)9(13)6-8/h4-6,10H,3,7H2,1-2H3,(H,14,16). The molecule has 1 aliphatic heterocycles. The summed E-state index contributed by atoms with van der Waals surface area (Å²) in [7, 11) is 1.58. The van der Waals surface area contributed by atoms with Gasteiger partial charge in [0, 0.05) is 13.1 Å². The number of nitrogens with one attached hydrogen (secondary N) is 1. The molecule has 4 nitrogen and oxygen atoms in total. The molecule has 1 aliphatic rings. The Bertz CT molecular complexity index is 437. The number of hydrogen-bond acceptors (Lipinski definition) is 2. The van der Waals surface area contributed by atoms with Gasteiger partial charge in [0.1, 0.15) is 5.75 Å². The molecule has 1 aromatic carbocycles. The molecule has 2 amide bonds. The molecule has 1 fully saturated rings. The highest BCUT2D eigenvalue weighted by molar-refractivity contribution is 6.32. The Morgan fingerprint density at radius 1 is 1.59 bits per heavy atom. The molecule has 1 unspecified atom stereocenters. The second-order valence-corrected chi connectivity index (χ2v) is 4.34. The van der Waals surface area contributed by atoms with E-state index in [1.54, 1.807) is 12.0 Å². The zero-order chi connectivity index (χ0) is 12.4. The number of nitrogens with zero attached hydrogens (tertiary/aromatic N) is 1. The van der Waals surface area contributed by atoms with Crippen molar-refractivity contribution in [2.75, 3.05) is 20.2 Å². The highest BCUT2D eigenvalue weighted by atomic mass is 35.5. The molecular formula is C12H15ClN2O2. The van der Waals surface area contributed by atoms with Crippen molar-refractivity contribution in [3.05, 3.63) is 28.8 Å². The molecule has 0 spiro atoms. The van der Waals surface area contributed by atoms with Crippen LogP contribution in [0, 0.1) is 0 Å². The summed E-state index contributed by atoms with van der Waals surface area (Å²) < 4.78 is 5.10. The maximum atomic E-state index is 11.6. The molecule has 5 heteroatoms. The van der Waals surface area contributed by atoms with Crippen molar-refractivity contribution in [3.8, 4) is 5.75 Å². The highest BCUT2D eigenvalue weighted by Crippen LogP contribution is 2.29. The van der Waals surface area contributed by atoms with Gasteiger partial charge in [0.25, 0.3) is 0 Å². The Morgan fingerprint density at radius 3 is 2.88 bits per heavy atom. The number of ether oxygens (including phenoxy) is 1. The SMILES string of the molecule is CCN1CC(c2ccc(OC)c(Cl)c2)NC1=O. The van der Waals surface area contributed by atoms with Crippen molar-refractivity contribution in [2.24, 2.45) is 0 Å². The van der Waals surface area contributed by atoms with Gasteiger partial charge in [-0.2, -0.15) is 0 Å². The van der Waals surface area contributed by atoms with Gasteiger partial charge in [-0.1, -0.05) is 17.7 Å². The van der Waals surface area contributed by atoms with Crippen LogP contribution in [-0.4, -0.2) is 31.1 Å². The molecule has 1 atom stereocenters. The van der Waals surface area contributed by atoms with Crippen LogP contribution >= 0.6 is 11.6 Å². The third kappa shape index (κ3) is 2.31. The number of benzene rings is 1. The highest BCUT2D eigenvalue weighted by Gasteiger charge is 2.28. The minimum Gasteiger partial charge on any atom is -0.495 e. The first-order chi connectivity index (χ1) is 8.15. The van der Waals surface area contributed by atoms with Crippen LogP contribution in [0.25, 0.3) is 0 Å². The van der Waals surface area contributed by atoms with Crippen molar-refractivity contribution in [2.45, 2.75) is 13.0 Å². The summed E-state index contributed by atoms with van der Waals surface area (Å²) in [5.74, 6) is 0.645. The van der Waals surface area contributed by atoms with Crippen LogP contribution in [0.5, 0.6) is 5.75 Å². The number of hydrogen-bond donors (Lipinski definition) is 1. The fourth-order valence-corrected chi connectivity index (χ4v) is 2.22. The summed E-state index contributed by atoms with van der Waals surface area (Å²) >= 11 is 6.06. The van der Waals surface area contributed by atoms with E-state index in [2.05, 4.69) is 5.32 Å². The summed E-state index contributed by atoms with van der Waals surface area (Å²) in [5.41, 5.74) is 1.00. The average Bonchev–Trinajstić information content (AvgIpc) is 2.70.